The first kappa shape index (κ1) is 17.9. The Bertz CT molecular complexity index is 726. The summed E-state index contributed by atoms with van der Waals surface area (Å²) < 4.78 is 30.6. The van der Waals surface area contributed by atoms with Crippen LogP contribution in [0.15, 0.2) is 34.8 Å². The SMILES string of the molecule is CNc1nc(OCC(F)F)c(C(=O)Nc2ccc(Br)cc2)cc1N. The van der Waals surface area contributed by atoms with E-state index in [1.165, 1.54) is 6.07 Å². The number of hydrogen-bond acceptors (Lipinski definition) is 5. The van der Waals surface area contributed by atoms with Crippen LogP contribution in [-0.2, 0) is 0 Å². The van der Waals surface area contributed by atoms with Gasteiger partial charge in [-0.25, -0.2) is 8.78 Å². The Morgan fingerprint density at radius 2 is 2.04 bits per heavy atom. The molecule has 0 radical (unpaired) electrons. The normalized spacial score (nSPS) is 10.5. The van der Waals surface area contributed by atoms with Gasteiger partial charge in [-0.3, -0.25) is 4.79 Å². The number of alkyl halides is 2. The second kappa shape index (κ2) is 7.91. The zero-order valence-electron chi connectivity index (χ0n) is 12.6. The van der Waals surface area contributed by atoms with Gasteiger partial charge in [-0.15, -0.1) is 0 Å². The molecule has 0 unspecified atom stereocenters. The zero-order valence-corrected chi connectivity index (χ0v) is 14.2. The molecular formula is C15H15BrF2N4O2. The standard InChI is InChI=1S/C15H15BrF2N4O2/c1-20-13-11(19)6-10(15(22-13)24-7-12(17)18)14(23)21-9-4-2-8(16)3-5-9/h2-6,12H,7,19H2,1H3,(H,20,22)(H,21,23). The van der Waals surface area contributed by atoms with Crippen molar-refractivity contribution >= 4 is 39.0 Å². The number of anilines is 3. The Morgan fingerprint density at radius 3 is 2.62 bits per heavy atom. The molecule has 0 saturated heterocycles. The van der Waals surface area contributed by atoms with Gasteiger partial charge in [0.2, 0.25) is 5.88 Å². The average molecular weight is 401 g/mol. The number of halogens is 3. The van der Waals surface area contributed by atoms with Crippen molar-refractivity contribution < 1.29 is 18.3 Å². The molecule has 0 aliphatic heterocycles. The van der Waals surface area contributed by atoms with E-state index in [9.17, 15) is 13.6 Å². The molecule has 2 aromatic rings. The van der Waals surface area contributed by atoms with Gasteiger partial charge in [0.05, 0.1) is 5.69 Å². The van der Waals surface area contributed by atoms with E-state index >= 15 is 0 Å². The lowest BCUT2D eigenvalue weighted by molar-refractivity contribution is 0.0781. The number of nitrogen functional groups attached to an aromatic ring is 1. The van der Waals surface area contributed by atoms with Gasteiger partial charge in [0.15, 0.2) is 12.4 Å². The van der Waals surface area contributed by atoms with E-state index in [2.05, 4.69) is 31.5 Å². The number of aromatic nitrogens is 1. The lowest BCUT2D eigenvalue weighted by Crippen LogP contribution is -2.17. The van der Waals surface area contributed by atoms with Crippen LogP contribution in [0.2, 0.25) is 0 Å². The number of rotatable bonds is 6. The van der Waals surface area contributed by atoms with E-state index in [4.69, 9.17) is 10.5 Å². The average Bonchev–Trinajstić information content (AvgIpc) is 2.55. The van der Waals surface area contributed by atoms with E-state index in [0.717, 1.165) is 4.47 Å². The fraction of sp³-hybridized carbons (Fsp3) is 0.200. The number of amides is 1. The first-order chi connectivity index (χ1) is 11.4. The van der Waals surface area contributed by atoms with E-state index in [1.807, 2.05) is 0 Å². The third kappa shape index (κ3) is 4.54. The number of nitrogens with one attached hydrogen (secondary N) is 2. The molecule has 0 spiro atoms. The van der Waals surface area contributed by atoms with Gasteiger partial charge in [-0.05, 0) is 30.3 Å². The van der Waals surface area contributed by atoms with Gasteiger partial charge in [0.25, 0.3) is 12.3 Å². The summed E-state index contributed by atoms with van der Waals surface area (Å²) in [5.41, 5.74) is 6.48. The fourth-order valence-electron chi connectivity index (χ4n) is 1.86. The highest BCUT2D eigenvalue weighted by Crippen LogP contribution is 2.26. The highest BCUT2D eigenvalue weighted by molar-refractivity contribution is 9.10. The van der Waals surface area contributed by atoms with Crippen molar-refractivity contribution in [2.24, 2.45) is 0 Å². The largest absolute Gasteiger partial charge is 0.471 e. The Kier molecular flexibility index (Phi) is 5.91. The molecule has 1 aromatic carbocycles. The van der Waals surface area contributed by atoms with Crippen LogP contribution >= 0.6 is 15.9 Å². The second-order valence-electron chi connectivity index (χ2n) is 4.69. The van der Waals surface area contributed by atoms with Crippen LogP contribution in [0, 0.1) is 0 Å². The van der Waals surface area contributed by atoms with E-state index in [1.54, 1.807) is 31.3 Å². The summed E-state index contributed by atoms with van der Waals surface area (Å²) >= 11 is 3.29. The molecule has 0 atom stereocenters. The second-order valence-corrected chi connectivity index (χ2v) is 5.61. The number of benzene rings is 1. The highest BCUT2D eigenvalue weighted by Gasteiger charge is 2.19. The maximum atomic E-state index is 12.4. The van der Waals surface area contributed by atoms with Crippen molar-refractivity contribution in [1.82, 2.24) is 4.98 Å². The number of ether oxygens (including phenoxy) is 1. The van der Waals surface area contributed by atoms with Gasteiger partial charge >= 0.3 is 0 Å². The fourth-order valence-corrected chi connectivity index (χ4v) is 2.12. The molecule has 0 bridgehead atoms. The van der Waals surface area contributed by atoms with Crippen LogP contribution in [0.3, 0.4) is 0 Å². The highest BCUT2D eigenvalue weighted by atomic mass is 79.9. The summed E-state index contributed by atoms with van der Waals surface area (Å²) in [6.07, 6.45) is -2.69. The van der Waals surface area contributed by atoms with Crippen molar-refractivity contribution in [2.75, 3.05) is 30.0 Å². The molecule has 128 valence electrons. The minimum Gasteiger partial charge on any atom is -0.471 e. The summed E-state index contributed by atoms with van der Waals surface area (Å²) in [7, 11) is 1.57. The predicted octanol–water partition coefficient (Wildman–Crippen LogP) is 3.36. The lowest BCUT2D eigenvalue weighted by atomic mass is 10.2. The van der Waals surface area contributed by atoms with Crippen molar-refractivity contribution in [3.8, 4) is 5.88 Å². The number of pyridine rings is 1. The van der Waals surface area contributed by atoms with Gasteiger partial charge in [-0.1, -0.05) is 15.9 Å². The molecule has 24 heavy (non-hydrogen) atoms. The summed E-state index contributed by atoms with van der Waals surface area (Å²) in [6.45, 7) is -0.876. The molecule has 2 rings (SSSR count). The van der Waals surface area contributed by atoms with Crippen molar-refractivity contribution in [3.05, 3.63) is 40.4 Å². The number of hydrogen-bond donors (Lipinski definition) is 3. The number of nitrogens with two attached hydrogens (primary N) is 1. The van der Waals surface area contributed by atoms with Crippen LogP contribution < -0.4 is 21.1 Å². The third-order valence-electron chi connectivity index (χ3n) is 2.95. The lowest BCUT2D eigenvalue weighted by Gasteiger charge is -2.14. The topological polar surface area (TPSA) is 89.3 Å². The van der Waals surface area contributed by atoms with Crippen molar-refractivity contribution in [2.45, 2.75) is 6.43 Å². The Labute approximate surface area is 145 Å². The third-order valence-corrected chi connectivity index (χ3v) is 3.48. The van der Waals surface area contributed by atoms with Crippen LogP contribution in [0.4, 0.5) is 26.0 Å². The molecule has 0 aliphatic rings. The van der Waals surface area contributed by atoms with E-state index in [-0.39, 0.29) is 22.9 Å². The van der Waals surface area contributed by atoms with Gasteiger partial charge in [0, 0.05) is 17.2 Å². The summed E-state index contributed by atoms with van der Waals surface area (Å²) in [5, 5.41) is 5.34. The molecule has 0 fully saturated rings. The maximum absolute atomic E-state index is 12.4. The number of carbonyl (C=O) groups is 1. The monoisotopic (exact) mass is 400 g/mol. The minimum absolute atomic E-state index is 0.0323. The maximum Gasteiger partial charge on any atom is 0.272 e. The molecule has 1 heterocycles. The quantitative estimate of drug-likeness (QED) is 0.691. The minimum atomic E-state index is -2.69. The predicted molar refractivity (Wildman–Crippen MR) is 91.8 cm³/mol. The van der Waals surface area contributed by atoms with E-state index < -0.39 is 18.9 Å². The van der Waals surface area contributed by atoms with Crippen LogP contribution in [-0.4, -0.2) is 31.0 Å². The van der Waals surface area contributed by atoms with Gasteiger partial charge in [-0.2, -0.15) is 4.98 Å². The number of nitrogens with zero attached hydrogens (tertiary/aromatic N) is 1. The first-order valence-corrected chi connectivity index (χ1v) is 7.66. The Morgan fingerprint density at radius 1 is 1.38 bits per heavy atom. The molecule has 6 nitrogen and oxygen atoms in total. The molecule has 1 amide bonds. The van der Waals surface area contributed by atoms with E-state index in [0.29, 0.717) is 5.69 Å². The van der Waals surface area contributed by atoms with Gasteiger partial charge < -0.3 is 21.1 Å². The molecule has 4 N–H and O–H groups in total. The first-order valence-electron chi connectivity index (χ1n) is 6.87. The summed E-state index contributed by atoms with van der Waals surface area (Å²) in [5.74, 6) is -0.550. The Hall–Kier alpha value is -2.42. The van der Waals surface area contributed by atoms with Crippen molar-refractivity contribution in [1.29, 1.82) is 0 Å². The van der Waals surface area contributed by atoms with Crippen LogP contribution in [0.1, 0.15) is 10.4 Å². The summed E-state index contributed by atoms with van der Waals surface area (Å²) in [6, 6.07) is 8.19. The summed E-state index contributed by atoms with van der Waals surface area (Å²) in [4.78, 5) is 16.4. The van der Waals surface area contributed by atoms with Crippen molar-refractivity contribution in [3.63, 3.8) is 0 Å². The molecule has 9 heteroatoms. The smallest absolute Gasteiger partial charge is 0.272 e. The molecule has 0 saturated carbocycles. The van der Waals surface area contributed by atoms with Crippen LogP contribution in [0.5, 0.6) is 5.88 Å². The Balaban J connectivity index is 2.30. The molecule has 1 aromatic heterocycles. The number of carbonyl (C=O) groups excluding carboxylic acids is 1. The zero-order chi connectivity index (χ0) is 17.7. The van der Waals surface area contributed by atoms with Gasteiger partial charge in [0.1, 0.15) is 5.56 Å². The van der Waals surface area contributed by atoms with Crippen LogP contribution in [0.25, 0.3) is 0 Å². The molecular weight excluding hydrogens is 386 g/mol. The molecule has 0 aliphatic carbocycles.